The molecule has 1 saturated heterocycles. The zero-order chi connectivity index (χ0) is 27.8. The first kappa shape index (κ1) is 26.3. The molecule has 0 radical (unpaired) electrons. The van der Waals surface area contributed by atoms with Crippen molar-refractivity contribution in [2.45, 2.75) is 31.3 Å². The van der Waals surface area contributed by atoms with E-state index in [4.69, 9.17) is 24.8 Å². The number of halogens is 1. The number of rotatable bonds is 8. The summed E-state index contributed by atoms with van der Waals surface area (Å²) in [6.07, 6.45) is 3.34. The van der Waals surface area contributed by atoms with Gasteiger partial charge in [0.05, 0.1) is 44.0 Å². The number of ether oxygens (including phenoxy) is 3. The van der Waals surface area contributed by atoms with Gasteiger partial charge in [-0.05, 0) is 31.0 Å². The molecule has 0 bridgehead atoms. The van der Waals surface area contributed by atoms with E-state index in [-0.39, 0.29) is 29.4 Å². The molecule has 5 rings (SSSR count). The van der Waals surface area contributed by atoms with Gasteiger partial charge in [0.1, 0.15) is 11.3 Å². The van der Waals surface area contributed by atoms with Gasteiger partial charge < -0.3 is 39.4 Å². The molecule has 11 nitrogen and oxygen atoms in total. The minimum absolute atomic E-state index is 0.00603. The summed E-state index contributed by atoms with van der Waals surface area (Å²) < 4.78 is 33.7. The van der Waals surface area contributed by atoms with Gasteiger partial charge in [-0.3, -0.25) is 4.79 Å². The molecular formula is C27H29FN4O7. The third-order valence-corrected chi connectivity index (χ3v) is 7.00. The van der Waals surface area contributed by atoms with Crippen LogP contribution in [0.15, 0.2) is 40.4 Å². The van der Waals surface area contributed by atoms with Gasteiger partial charge in [0.15, 0.2) is 17.3 Å². The Hall–Kier alpha value is -4.32. The highest BCUT2D eigenvalue weighted by Crippen LogP contribution is 2.44. The van der Waals surface area contributed by atoms with Crippen molar-refractivity contribution >= 4 is 28.3 Å². The Morgan fingerprint density at radius 1 is 1.13 bits per heavy atom. The Morgan fingerprint density at radius 2 is 1.85 bits per heavy atom. The van der Waals surface area contributed by atoms with Gasteiger partial charge in [0.25, 0.3) is 0 Å². The van der Waals surface area contributed by atoms with Gasteiger partial charge in [0.2, 0.25) is 16.9 Å². The van der Waals surface area contributed by atoms with E-state index in [1.807, 2.05) is 0 Å². The largest absolute Gasteiger partial charge is 0.493 e. The minimum Gasteiger partial charge on any atom is -0.493 e. The van der Waals surface area contributed by atoms with Crippen LogP contribution in [0.2, 0.25) is 0 Å². The fourth-order valence-corrected chi connectivity index (χ4v) is 4.95. The lowest BCUT2D eigenvalue weighted by atomic mass is 10.0. The summed E-state index contributed by atoms with van der Waals surface area (Å²) in [5, 5.41) is 13.7. The number of hydrogen-bond acceptors (Lipinski definition) is 9. The van der Waals surface area contributed by atoms with Crippen molar-refractivity contribution in [3.05, 3.63) is 52.1 Å². The van der Waals surface area contributed by atoms with Crippen molar-refractivity contribution in [2.24, 2.45) is 10.9 Å². The molecule has 39 heavy (non-hydrogen) atoms. The SMILES string of the molecule is COc1cccc(O/N=C2/CCN(c3c(F)cc4c(=O)c(C(=O)O)cn(C5CC5)c4c3OC)CC2N)c1OC. The number of nitrogens with zero attached hydrogens (tertiary/aromatic N) is 3. The molecule has 206 valence electrons. The molecule has 1 saturated carbocycles. The van der Waals surface area contributed by atoms with Crippen molar-refractivity contribution in [3.63, 3.8) is 0 Å². The first-order valence-corrected chi connectivity index (χ1v) is 12.4. The number of fused-ring (bicyclic) bond motifs is 1. The highest BCUT2D eigenvalue weighted by molar-refractivity contribution is 5.98. The third-order valence-electron chi connectivity index (χ3n) is 7.00. The Kier molecular flexibility index (Phi) is 7.04. The second-order valence-electron chi connectivity index (χ2n) is 9.42. The predicted octanol–water partition coefficient (Wildman–Crippen LogP) is 3.17. The number of benzene rings is 2. The van der Waals surface area contributed by atoms with Crippen LogP contribution in [0.5, 0.6) is 23.0 Å². The number of aromatic nitrogens is 1. The normalized spacial score (nSPS) is 18.3. The summed E-state index contributed by atoms with van der Waals surface area (Å²) >= 11 is 0. The van der Waals surface area contributed by atoms with Crippen LogP contribution >= 0.6 is 0 Å². The number of carboxylic acid groups (broad SMARTS) is 1. The van der Waals surface area contributed by atoms with E-state index in [2.05, 4.69) is 5.16 Å². The van der Waals surface area contributed by atoms with Crippen LogP contribution in [0.3, 0.4) is 0 Å². The van der Waals surface area contributed by atoms with Gasteiger partial charge in [-0.15, -0.1) is 0 Å². The van der Waals surface area contributed by atoms with Crippen LogP contribution in [0.25, 0.3) is 10.9 Å². The third kappa shape index (κ3) is 4.71. The number of para-hydroxylation sites is 1. The maximum Gasteiger partial charge on any atom is 0.341 e. The second kappa shape index (κ2) is 10.4. The van der Waals surface area contributed by atoms with Crippen LogP contribution < -0.4 is 35.1 Å². The molecule has 1 aliphatic carbocycles. The van der Waals surface area contributed by atoms with E-state index >= 15 is 4.39 Å². The molecule has 1 aromatic heterocycles. The van der Waals surface area contributed by atoms with Gasteiger partial charge in [-0.1, -0.05) is 11.2 Å². The van der Waals surface area contributed by atoms with Crippen molar-refractivity contribution < 1.29 is 33.3 Å². The zero-order valence-electron chi connectivity index (χ0n) is 21.8. The average Bonchev–Trinajstić information content (AvgIpc) is 3.77. The number of aromatic carboxylic acids is 1. The van der Waals surface area contributed by atoms with Crippen molar-refractivity contribution in [1.29, 1.82) is 0 Å². The Balaban J connectivity index is 1.48. The highest BCUT2D eigenvalue weighted by atomic mass is 19.1. The molecule has 1 unspecified atom stereocenters. The van der Waals surface area contributed by atoms with Gasteiger partial charge >= 0.3 is 5.97 Å². The van der Waals surface area contributed by atoms with Crippen molar-refractivity contribution in [1.82, 2.24) is 4.57 Å². The van der Waals surface area contributed by atoms with E-state index < -0.39 is 28.8 Å². The van der Waals surface area contributed by atoms with Crippen LogP contribution in [0.4, 0.5) is 10.1 Å². The topological polar surface area (TPSA) is 138 Å². The number of oxime groups is 1. The smallest absolute Gasteiger partial charge is 0.341 e. The number of pyridine rings is 1. The molecule has 2 fully saturated rings. The van der Waals surface area contributed by atoms with Crippen LogP contribution in [-0.2, 0) is 0 Å². The Bertz CT molecular complexity index is 1530. The Labute approximate surface area is 223 Å². The van der Waals surface area contributed by atoms with Crippen molar-refractivity contribution in [2.75, 3.05) is 39.3 Å². The lowest BCUT2D eigenvalue weighted by Crippen LogP contribution is -2.49. The summed E-state index contributed by atoms with van der Waals surface area (Å²) in [7, 11) is 4.42. The lowest BCUT2D eigenvalue weighted by Gasteiger charge is -2.34. The van der Waals surface area contributed by atoms with Crippen LogP contribution in [0.1, 0.15) is 35.7 Å². The monoisotopic (exact) mass is 540 g/mol. The molecule has 12 heteroatoms. The van der Waals surface area contributed by atoms with E-state index in [9.17, 15) is 14.7 Å². The molecule has 2 aromatic carbocycles. The minimum atomic E-state index is -1.36. The maximum atomic E-state index is 15.6. The number of carbonyl (C=O) groups is 1. The van der Waals surface area contributed by atoms with E-state index in [0.29, 0.717) is 41.4 Å². The molecule has 1 aliphatic heterocycles. The second-order valence-corrected chi connectivity index (χ2v) is 9.42. The Morgan fingerprint density at radius 3 is 2.46 bits per heavy atom. The summed E-state index contributed by atoms with van der Waals surface area (Å²) in [6.45, 7) is 0.557. The predicted molar refractivity (Wildman–Crippen MR) is 142 cm³/mol. The standard InChI is InChI=1S/C27H29FN4O7/c1-36-20-5-4-6-21(25(20)37-2)39-30-19-9-10-31(13-18(19)29)23-17(28)11-15-22(26(23)38-3)32(14-7-8-14)12-16(24(15)33)27(34)35/h4-6,11-12,14,18H,7-10,13,29H2,1-3H3,(H,34,35)/b30-19-. The molecule has 0 spiro atoms. The fraction of sp³-hybridized carbons (Fsp3) is 0.370. The lowest BCUT2D eigenvalue weighted by molar-refractivity contribution is 0.0694. The number of methoxy groups -OCH3 is 3. The van der Waals surface area contributed by atoms with E-state index in [1.54, 1.807) is 27.7 Å². The van der Waals surface area contributed by atoms with Gasteiger partial charge in [-0.25, -0.2) is 9.18 Å². The molecule has 1 atom stereocenters. The molecule has 2 heterocycles. The number of nitrogens with two attached hydrogens (primary N) is 1. The molecule has 0 amide bonds. The summed E-state index contributed by atoms with van der Waals surface area (Å²) in [4.78, 5) is 32.0. The van der Waals surface area contributed by atoms with Crippen molar-refractivity contribution in [3.8, 4) is 23.0 Å². The summed E-state index contributed by atoms with van der Waals surface area (Å²) in [5.41, 5.74) is 6.37. The summed E-state index contributed by atoms with van der Waals surface area (Å²) in [6, 6.07) is 5.68. The van der Waals surface area contributed by atoms with Gasteiger partial charge in [0, 0.05) is 31.7 Å². The molecule has 3 N–H and O–H groups in total. The number of piperidine rings is 1. The number of hydrogen-bond donors (Lipinski definition) is 2. The number of anilines is 1. The fourth-order valence-electron chi connectivity index (χ4n) is 4.95. The highest BCUT2D eigenvalue weighted by Gasteiger charge is 2.33. The maximum absolute atomic E-state index is 15.6. The average molecular weight is 541 g/mol. The quantitative estimate of drug-likeness (QED) is 0.413. The van der Waals surface area contributed by atoms with E-state index in [1.165, 1.54) is 27.5 Å². The molecular weight excluding hydrogens is 511 g/mol. The van der Waals surface area contributed by atoms with E-state index in [0.717, 1.165) is 18.9 Å². The first-order valence-electron chi connectivity index (χ1n) is 12.4. The zero-order valence-corrected chi connectivity index (χ0v) is 21.8. The molecule has 3 aromatic rings. The first-order chi connectivity index (χ1) is 18.8. The summed E-state index contributed by atoms with van der Waals surface area (Å²) in [5.74, 6) is -0.649. The van der Waals surface area contributed by atoms with Crippen LogP contribution in [0, 0.1) is 5.82 Å². The molecule has 2 aliphatic rings. The van der Waals surface area contributed by atoms with Crippen LogP contribution in [-0.4, -0.2) is 61.8 Å². The van der Waals surface area contributed by atoms with Gasteiger partial charge in [-0.2, -0.15) is 0 Å². The number of carboxylic acids is 1.